The number of nitrogens with zero attached hydrogens (tertiary/aromatic N) is 3. The number of carbonyl (C=O) groups is 1. The Labute approximate surface area is 157 Å². The van der Waals surface area contributed by atoms with Crippen molar-refractivity contribution >= 4 is 22.4 Å². The van der Waals surface area contributed by atoms with E-state index in [4.69, 9.17) is 11.8 Å². The molecule has 0 spiro atoms. The summed E-state index contributed by atoms with van der Waals surface area (Å²) < 4.78 is 1.82. The Morgan fingerprint density at radius 2 is 2.07 bits per heavy atom. The number of hydrogen-bond donors (Lipinski definition) is 1. The second kappa shape index (κ2) is 7.07. The molecule has 1 heterocycles. The standard InChI is InChI=1S/C22H19N3O2/c1-15-10-16(4-6-19(15)24-3)12-21(26)22(2,27)14-25-9-8-18-11-17(13-23)5-7-20(18)25/h4-11,27H,12,14H2,1-2H3/t22-/m0/s1. The average Bonchev–Trinajstić information content (AvgIpc) is 3.03. The number of rotatable bonds is 5. The van der Waals surface area contributed by atoms with E-state index in [0.717, 1.165) is 22.0 Å². The second-order valence-electron chi connectivity index (χ2n) is 6.94. The summed E-state index contributed by atoms with van der Waals surface area (Å²) in [7, 11) is 0. The average molecular weight is 357 g/mol. The topological polar surface area (TPSA) is 70.4 Å². The van der Waals surface area contributed by atoms with Crippen LogP contribution < -0.4 is 0 Å². The molecule has 0 fully saturated rings. The minimum absolute atomic E-state index is 0.101. The van der Waals surface area contributed by atoms with Gasteiger partial charge < -0.3 is 9.67 Å². The molecule has 1 atom stereocenters. The molecule has 2 aromatic carbocycles. The number of Topliss-reactive ketones (excluding diaryl/α,β-unsaturated/α-hetero) is 1. The first-order valence-electron chi connectivity index (χ1n) is 8.56. The number of ketones is 1. The predicted octanol–water partition coefficient (Wildman–Crippen LogP) is 3.93. The highest BCUT2D eigenvalue weighted by Crippen LogP contribution is 2.23. The van der Waals surface area contributed by atoms with Crippen molar-refractivity contribution in [3.8, 4) is 6.07 Å². The third kappa shape index (κ3) is 3.74. The quantitative estimate of drug-likeness (QED) is 0.703. The first-order chi connectivity index (χ1) is 12.8. The van der Waals surface area contributed by atoms with Crippen LogP contribution in [-0.4, -0.2) is 21.1 Å². The number of aromatic nitrogens is 1. The van der Waals surface area contributed by atoms with E-state index in [-0.39, 0.29) is 18.7 Å². The molecule has 0 radical (unpaired) electrons. The molecule has 0 unspecified atom stereocenters. The van der Waals surface area contributed by atoms with Crippen LogP contribution in [0.1, 0.15) is 23.6 Å². The molecule has 0 amide bonds. The summed E-state index contributed by atoms with van der Waals surface area (Å²) in [5.74, 6) is -0.284. The predicted molar refractivity (Wildman–Crippen MR) is 103 cm³/mol. The van der Waals surface area contributed by atoms with E-state index in [1.165, 1.54) is 6.92 Å². The Bertz CT molecular complexity index is 1110. The molecule has 0 aliphatic heterocycles. The number of carbonyl (C=O) groups excluding carboxylic acids is 1. The van der Waals surface area contributed by atoms with Gasteiger partial charge in [0.05, 0.1) is 24.7 Å². The molecule has 134 valence electrons. The van der Waals surface area contributed by atoms with Crippen LogP contribution in [0.5, 0.6) is 0 Å². The summed E-state index contributed by atoms with van der Waals surface area (Å²) >= 11 is 0. The molecule has 0 aliphatic rings. The maximum absolute atomic E-state index is 12.7. The Hall–Kier alpha value is -3.41. The van der Waals surface area contributed by atoms with Crippen LogP contribution in [0.15, 0.2) is 48.7 Å². The lowest BCUT2D eigenvalue weighted by Crippen LogP contribution is -2.40. The van der Waals surface area contributed by atoms with Gasteiger partial charge in [-0.25, -0.2) is 4.85 Å². The normalized spacial score (nSPS) is 12.9. The lowest BCUT2D eigenvalue weighted by atomic mass is 9.94. The summed E-state index contributed by atoms with van der Waals surface area (Å²) in [5, 5.41) is 20.7. The van der Waals surface area contributed by atoms with Gasteiger partial charge in [-0.05, 0) is 49.2 Å². The fourth-order valence-corrected chi connectivity index (χ4v) is 3.16. The first kappa shape index (κ1) is 18.4. The van der Waals surface area contributed by atoms with Crippen LogP contribution in [0.4, 0.5) is 5.69 Å². The highest BCUT2D eigenvalue weighted by molar-refractivity contribution is 5.89. The molecule has 0 aliphatic carbocycles. The molecular weight excluding hydrogens is 338 g/mol. The molecule has 5 nitrogen and oxygen atoms in total. The van der Waals surface area contributed by atoms with Crippen LogP contribution in [0.3, 0.4) is 0 Å². The van der Waals surface area contributed by atoms with Crippen LogP contribution in [0, 0.1) is 24.8 Å². The molecule has 0 saturated carbocycles. The summed E-state index contributed by atoms with van der Waals surface area (Å²) in [6, 6.07) is 14.6. The molecule has 3 aromatic rings. The highest BCUT2D eigenvalue weighted by Gasteiger charge is 2.30. The molecule has 0 saturated heterocycles. The van der Waals surface area contributed by atoms with Gasteiger partial charge >= 0.3 is 0 Å². The summed E-state index contributed by atoms with van der Waals surface area (Å²) in [4.78, 5) is 16.1. The van der Waals surface area contributed by atoms with E-state index in [2.05, 4.69) is 10.9 Å². The van der Waals surface area contributed by atoms with Crippen LogP contribution in [0.25, 0.3) is 15.7 Å². The minimum Gasteiger partial charge on any atom is -0.380 e. The maximum atomic E-state index is 12.7. The molecule has 5 heteroatoms. The maximum Gasteiger partial charge on any atom is 0.190 e. The van der Waals surface area contributed by atoms with Crippen molar-refractivity contribution in [2.75, 3.05) is 0 Å². The summed E-state index contributed by atoms with van der Waals surface area (Å²) in [6.07, 6.45) is 1.91. The van der Waals surface area contributed by atoms with Gasteiger partial charge in [-0.15, -0.1) is 0 Å². The molecule has 1 N–H and O–H groups in total. The second-order valence-corrected chi connectivity index (χ2v) is 6.94. The smallest absolute Gasteiger partial charge is 0.190 e. The van der Waals surface area contributed by atoms with Gasteiger partial charge in [-0.3, -0.25) is 4.79 Å². The Balaban J connectivity index is 1.80. The van der Waals surface area contributed by atoms with Crippen molar-refractivity contribution < 1.29 is 9.90 Å². The van der Waals surface area contributed by atoms with Gasteiger partial charge in [0.15, 0.2) is 11.5 Å². The van der Waals surface area contributed by atoms with Crippen LogP contribution in [-0.2, 0) is 17.8 Å². The van der Waals surface area contributed by atoms with Crippen molar-refractivity contribution in [3.63, 3.8) is 0 Å². The Morgan fingerprint density at radius 3 is 2.74 bits per heavy atom. The van der Waals surface area contributed by atoms with E-state index in [9.17, 15) is 9.90 Å². The molecule has 0 bridgehead atoms. The third-order valence-electron chi connectivity index (χ3n) is 4.73. The van der Waals surface area contributed by atoms with Gasteiger partial charge in [0, 0.05) is 23.5 Å². The SMILES string of the molecule is [C-]#[N+]c1ccc(CC(=O)[C@@](C)(O)Cn2ccc3cc(C#N)ccc32)cc1C. The van der Waals surface area contributed by atoms with Crippen LogP contribution in [0.2, 0.25) is 0 Å². The van der Waals surface area contributed by atoms with Crippen molar-refractivity contribution in [3.05, 3.63) is 76.8 Å². The largest absolute Gasteiger partial charge is 0.380 e. The first-order valence-corrected chi connectivity index (χ1v) is 8.56. The summed E-state index contributed by atoms with van der Waals surface area (Å²) in [6.45, 7) is 10.6. The molecular formula is C22H19N3O2. The lowest BCUT2D eigenvalue weighted by molar-refractivity contribution is -0.136. The van der Waals surface area contributed by atoms with Gasteiger partial charge in [-0.2, -0.15) is 5.26 Å². The van der Waals surface area contributed by atoms with E-state index in [1.54, 1.807) is 24.3 Å². The highest BCUT2D eigenvalue weighted by atomic mass is 16.3. The van der Waals surface area contributed by atoms with Gasteiger partial charge in [0.2, 0.25) is 0 Å². The number of benzene rings is 2. The van der Waals surface area contributed by atoms with E-state index in [0.29, 0.717) is 11.3 Å². The number of aliphatic hydroxyl groups is 1. The van der Waals surface area contributed by atoms with Gasteiger partial charge in [0.25, 0.3) is 0 Å². The van der Waals surface area contributed by atoms with E-state index >= 15 is 0 Å². The monoisotopic (exact) mass is 357 g/mol. The Morgan fingerprint density at radius 1 is 1.30 bits per heavy atom. The number of hydrogen-bond acceptors (Lipinski definition) is 3. The molecule has 27 heavy (non-hydrogen) atoms. The zero-order valence-electron chi connectivity index (χ0n) is 15.2. The molecule has 3 rings (SSSR count). The minimum atomic E-state index is -1.54. The number of aryl methyl sites for hydroxylation is 1. The lowest BCUT2D eigenvalue weighted by Gasteiger charge is -2.23. The fourth-order valence-electron chi connectivity index (χ4n) is 3.16. The summed E-state index contributed by atoms with van der Waals surface area (Å²) in [5.41, 5.74) is 2.06. The Kier molecular flexibility index (Phi) is 4.81. The molecule has 1 aromatic heterocycles. The van der Waals surface area contributed by atoms with E-state index < -0.39 is 5.60 Å². The van der Waals surface area contributed by atoms with Crippen molar-refractivity contribution in [1.82, 2.24) is 4.57 Å². The van der Waals surface area contributed by atoms with Crippen LogP contribution >= 0.6 is 0 Å². The number of nitriles is 1. The third-order valence-corrected chi connectivity index (χ3v) is 4.73. The number of fused-ring (bicyclic) bond motifs is 1. The zero-order chi connectivity index (χ0) is 19.6. The zero-order valence-corrected chi connectivity index (χ0v) is 15.2. The van der Waals surface area contributed by atoms with Gasteiger partial charge in [-0.1, -0.05) is 18.2 Å². The van der Waals surface area contributed by atoms with E-state index in [1.807, 2.05) is 35.9 Å². The van der Waals surface area contributed by atoms with Crippen molar-refractivity contribution in [2.24, 2.45) is 0 Å². The fraction of sp³-hybridized carbons (Fsp3) is 0.227. The van der Waals surface area contributed by atoms with Crippen molar-refractivity contribution in [2.45, 2.75) is 32.4 Å². The van der Waals surface area contributed by atoms with Gasteiger partial charge in [0.1, 0.15) is 5.60 Å². The van der Waals surface area contributed by atoms with Crippen molar-refractivity contribution in [1.29, 1.82) is 5.26 Å².